The number of hydrogen-bond donors (Lipinski definition) is 0. The number of nitrogens with zero attached hydrogens (tertiary/aromatic N) is 1. The summed E-state index contributed by atoms with van der Waals surface area (Å²) in [5, 5.41) is 0. The van der Waals surface area contributed by atoms with Crippen LogP contribution in [-0.4, -0.2) is 18.5 Å². The zero-order valence-corrected chi connectivity index (χ0v) is 11.9. The lowest BCUT2D eigenvalue weighted by Gasteiger charge is -2.15. The number of benzene rings is 1. The van der Waals surface area contributed by atoms with Gasteiger partial charge >= 0.3 is 12.6 Å². The lowest BCUT2D eigenvalue weighted by molar-refractivity contribution is -0.130. The first-order valence-corrected chi connectivity index (χ1v) is 6.33. The second kappa shape index (κ2) is 5.63. The number of esters is 1. The Labute approximate surface area is 121 Å². The Hall–Kier alpha value is -2.24. The number of halogens is 2. The van der Waals surface area contributed by atoms with Crippen LogP contribution in [0.3, 0.4) is 0 Å². The third-order valence-corrected chi connectivity index (χ3v) is 2.67. The molecule has 21 heavy (non-hydrogen) atoms. The van der Waals surface area contributed by atoms with Crippen LogP contribution in [0.15, 0.2) is 35.0 Å². The smallest absolute Gasteiger partial charge is 0.387 e. The number of carbonyl (C=O) groups is 1. The topological polar surface area (TPSA) is 47.9 Å². The van der Waals surface area contributed by atoms with Crippen molar-refractivity contribution in [3.05, 3.63) is 35.5 Å². The Morgan fingerprint density at radius 1 is 1.24 bits per heavy atom. The highest BCUT2D eigenvalue weighted by molar-refractivity contribution is 6.08. The van der Waals surface area contributed by atoms with E-state index in [1.54, 1.807) is 12.1 Å². The molecule has 1 aromatic carbocycles. The standard InChI is InChI=1S/C15H15F2NO3/c1-15(2,3)13-18-11(12(19)21-13)8-9-4-6-10(7-5-9)20-14(16)17/h4-8,14H,1-3H3. The van der Waals surface area contributed by atoms with Crippen LogP contribution in [0.25, 0.3) is 6.08 Å². The van der Waals surface area contributed by atoms with Gasteiger partial charge < -0.3 is 9.47 Å². The number of alkyl halides is 2. The summed E-state index contributed by atoms with van der Waals surface area (Å²) in [6.07, 6.45) is 1.53. The maximum absolute atomic E-state index is 12.0. The molecule has 0 saturated carbocycles. The number of rotatable bonds is 3. The molecule has 2 rings (SSSR count). The Morgan fingerprint density at radius 3 is 2.33 bits per heavy atom. The second-order valence-electron chi connectivity index (χ2n) is 5.53. The van der Waals surface area contributed by atoms with Gasteiger partial charge in [-0.05, 0) is 23.8 Å². The summed E-state index contributed by atoms with van der Waals surface area (Å²) in [6, 6.07) is 5.91. The first-order valence-electron chi connectivity index (χ1n) is 6.33. The molecule has 0 spiro atoms. The molecule has 4 nitrogen and oxygen atoms in total. The van der Waals surface area contributed by atoms with E-state index in [-0.39, 0.29) is 16.9 Å². The van der Waals surface area contributed by atoms with E-state index in [1.807, 2.05) is 20.8 Å². The summed E-state index contributed by atoms with van der Waals surface area (Å²) < 4.78 is 33.4. The van der Waals surface area contributed by atoms with Crippen molar-refractivity contribution in [3.63, 3.8) is 0 Å². The van der Waals surface area contributed by atoms with Gasteiger partial charge in [-0.3, -0.25) is 0 Å². The molecule has 0 atom stereocenters. The molecule has 0 fully saturated rings. The van der Waals surface area contributed by atoms with Gasteiger partial charge in [0.25, 0.3) is 0 Å². The van der Waals surface area contributed by atoms with E-state index in [4.69, 9.17) is 4.74 Å². The van der Waals surface area contributed by atoms with Crippen molar-refractivity contribution in [2.45, 2.75) is 27.4 Å². The van der Waals surface area contributed by atoms with Gasteiger partial charge in [-0.1, -0.05) is 32.9 Å². The van der Waals surface area contributed by atoms with E-state index in [2.05, 4.69) is 9.73 Å². The molecule has 1 heterocycles. The van der Waals surface area contributed by atoms with Crippen molar-refractivity contribution in [1.82, 2.24) is 0 Å². The van der Waals surface area contributed by atoms with Crippen molar-refractivity contribution in [2.75, 3.05) is 0 Å². The van der Waals surface area contributed by atoms with Crippen LogP contribution < -0.4 is 4.74 Å². The summed E-state index contributed by atoms with van der Waals surface area (Å²) in [4.78, 5) is 15.9. The normalized spacial score (nSPS) is 17.1. The van der Waals surface area contributed by atoms with Gasteiger partial charge in [0.1, 0.15) is 5.75 Å². The largest absolute Gasteiger partial charge is 0.435 e. The summed E-state index contributed by atoms with van der Waals surface area (Å²) >= 11 is 0. The minimum atomic E-state index is -2.86. The summed E-state index contributed by atoms with van der Waals surface area (Å²) in [6.45, 7) is 2.80. The molecule has 0 radical (unpaired) electrons. The Kier molecular flexibility index (Phi) is 4.06. The minimum absolute atomic E-state index is 0.0556. The van der Waals surface area contributed by atoms with Gasteiger partial charge in [0.15, 0.2) is 5.70 Å². The average Bonchev–Trinajstić information content (AvgIpc) is 2.73. The molecule has 1 aliphatic rings. The van der Waals surface area contributed by atoms with E-state index in [0.29, 0.717) is 11.5 Å². The molecule has 0 aromatic heterocycles. The predicted octanol–water partition coefficient (Wildman–Crippen LogP) is 3.63. The predicted molar refractivity (Wildman–Crippen MR) is 74.0 cm³/mol. The molecule has 1 aliphatic heterocycles. The van der Waals surface area contributed by atoms with Crippen molar-refractivity contribution in [2.24, 2.45) is 10.4 Å². The van der Waals surface area contributed by atoms with Gasteiger partial charge in [-0.25, -0.2) is 9.79 Å². The lowest BCUT2D eigenvalue weighted by Crippen LogP contribution is -2.21. The maximum atomic E-state index is 12.0. The molecule has 1 aromatic rings. The van der Waals surface area contributed by atoms with Crippen molar-refractivity contribution in [3.8, 4) is 5.75 Å². The summed E-state index contributed by atoms with van der Waals surface area (Å²) in [5.74, 6) is -0.107. The van der Waals surface area contributed by atoms with E-state index in [9.17, 15) is 13.6 Å². The fourth-order valence-corrected chi connectivity index (χ4v) is 1.63. The molecule has 0 aliphatic carbocycles. The van der Waals surface area contributed by atoms with Gasteiger partial charge in [0.2, 0.25) is 5.90 Å². The second-order valence-corrected chi connectivity index (χ2v) is 5.53. The van der Waals surface area contributed by atoms with Gasteiger partial charge in [-0.2, -0.15) is 8.78 Å². The number of ether oxygens (including phenoxy) is 2. The third kappa shape index (κ3) is 3.87. The number of aliphatic imine (C=N–C) groups is 1. The first-order chi connectivity index (χ1) is 9.75. The number of cyclic esters (lactones) is 1. The van der Waals surface area contributed by atoms with Crippen LogP contribution in [0, 0.1) is 5.41 Å². The average molecular weight is 295 g/mol. The molecule has 0 N–H and O–H groups in total. The highest BCUT2D eigenvalue weighted by atomic mass is 19.3. The Bertz CT molecular complexity index is 598. The number of hydrogen-bond acceptors (Lipinski definition) is 4. The lowest BCUT2D eigenvalue weighted by atomic mass is 9.97. The van der Waals surface area contributed by atoms with Crippen LogP contribution in [-0.2, 0) is 9.53 Å². The molecule has 0 saturated heterocycles. The van der Waals surface area contributed by atoms with Crippen LogP contribution in [0.5, 0.6) is 5.75 Å². The maximum Gasteiger partial charge on any atom is 0.387 e. The molecular formula is C15H15F2NO3. The van der Waals surface area contributed by atoms with E-state index in [1.165, 1.54) is 18.2 Å². The fraction of sp³-hybridized carbons (Fsp3) is 0.333. The molecular weight excluding hydrogens is 280 g/mol. The number of carbonyl (C=O) groups excluding carboxylic acids is 1. The van der Waals surface area contributed by atoms with E-state index < -0.39 is 12.6 Å². The van der Waals surface area contributed by atoms with E-state index in [0.717, 1.165) is 0 Å². The summed E-state index contributed by atoms with van der Waals surface area (Å²) in [5.41, 5.74) is 0.463. The quantitative estimate of drug-likeness (QED) is 0.632. The molecule has 0 unspecified atom stereocenters. The minimum Gasteiger partial charge on any atom is -0.435 e. The van der Waals surface area contributed by atoms with Crippen molar-refractivity contribution >= 4 is 17.9 Å². The zero-order chi connectivity index (χ0) is 15.6. The van der Waals surface area contributed by atoms with Crippen molar-refractivity contribution < 1.29 is 23.0 Å². The van der Waals surface area contributed by atoms with Crippen LogP contribution in [0.2, 0.25) is 0 Å². The van der Waals surface area contributed by atoms with Crippen LogP contribution in [0.4, 0.5) is 8.78 Å². The Balaban J connectivity index is 2.20. The Morgan fingerprint density at radius 2 is 1.86 bits per heavy atom. The molecule has 6 heteroatoms. The first kappa shape index (κ1) is 15.2. The van der Waals surface area contributed by atoms with Gasteiger partial charge in [0, 0.05) is 5.41 Å². The zero-order valence-electron chi connectivity index (χ0n) is 11.9. The third-order valence-electron chi connectivity index (χ3n) is 2.67. The molecule has 0 amide bonds. The van der Waals surface area contributed by atoms with Crippen molar-refractivity contribution in [1.29, 1.82) is 0 Å². The van der Waals surface area contributed by atoms with E-state index >= 15 is 0 Å². The highest BCUT2D eigenvalue weighted by Gasteiger charge is 2.31. The highest BCUT2D eigenvalue weighted by Crippen LogP contribution is 2.26. The van der Waals surface area contributed by atoms with Gasteiger partial charge in [-0.15, -0.1) is 0 Å². The SMILES string of the molecule is CC(C)(C)C1=NC(=Cc2ccc(OC(F)F)cc2)C(=O)O1. The van der Waals surface area contributed by atoms with Crippen LogP contribution in [0.1, 0.15) is 26.3 Å². The van der Waals surface area contributed by atoms with Crippen LogP contribution >= 0.6 is 0 Å². The summed E-state index contributed by atoms with van der Waals surface area (Å²) in [7, 11) is 0. The molecule has 112 valence electrons. The molecule has 0 bridgehead atoms. The fourth-order valence-electron chi connectivity index (χ4n) is 1.63. The monoisotopic (exact) mass is 295 g/mol. The van der Waals surface area contributed by atoms with Gasteiger partial charge in [0.05, 0.1) is 0 Å².